The van der Waals surface area contributed by atoms with E-state index < -0.39 is 0 Å². The van der Waals surface area contributed by atoms with Crippen LogP contribution in [0.4, 0.5) is 0 Å². The molecule has 0 fully saturated rings. The van der Waals surface area contributed by atoms with Crippen LogP contribution < -0.4 is 5.73 Å². The van der Waals surface area contributed by atoms with Crippen LogP contribution in [0.5, 0.6) is 0 Å². The van der Waals surface area contributed by atoms with Crippen LogP contribution >= 0.6 is 27.5 Å². The maximum atomic E-state index is 6.24. The molecule has 0 saturated carbocycles. The summed E-state index contributed by atoms with van der Waals surface area (Å²) in [6.07, 6.45) is 3.79. The summed E-state index contributed by atoms with van der Waals surface area (Å²) in [6.45, 7) is 4.31. The Morgan fingerprint density at radius 2 is 2.15 bits per heavy atom. The lowest BCUT2D eigenvalue weighted by atomic mass is 10.0. The van der Waals surface area contributed by atoms with Crippen molar-refractivity contribution in [2.75, 3.05) is 0 Å². The van der Waals surface area contributed by atoms with Crippen LogP contribution in [0.25, 0.3) is 0 Å². The Balaban J connectivity index is 2.09. The molecule has 2 N–H and O–H groups in total. The summed E-state index contributed by atoms with van der Waals surface area (Å²) < 4.78 is 2.88. The van der Waals surface area contributed by atoms with E-state index in [1.165, 1.54) is 0 Å². The van der Waals surface area contributed by atoms with Crippen molar-refractivity contribution >= 4 is 27.5 Å². The molecular formula is C15H19BrClN3. The van der Waals surface area contributed by atoms with Gasteiger partial charge in [-0.25, -0.2) is 0 Å². The van der Waals surface area contributed by atoms with Gasteiger partial charge in [-0.05, 0) is 53.0 Å². The van der Waals surface area contributed by atoms with Crippen LogP contribution in [-0.2, 0) is 6.42 Å². The lowest BCUT2D eigenvalue weighted by molar-refractivity contribution is 0.472. The topological polar surface area (TPSA) is 43.8 Å². The molecule has 0 amide bonds. The number of hydrogen-bond acceptors (Lipinski definition) is 2. The van der Waals surface area contributed by atoms with Crippen molar-refractivity contribution in [3.05, 3.63) is 51.2 Å². The van der Waals surface area contributed by atoms with Crippen LogP contribution in [0.2, 0.25) is 5.02 Å². The molecule has 2 unspecified atom stereocenters. The van der Waals surface area contributed by atoms with Gasteiger partial charge >= 0.3 is 0 Å². The molecule has 0 bridgehead atoms. The highest BCUT2D eigenvalue weighted by Crippen LogP contribution is 2.26. The first-order valence-corrected chi connectivity index (χ1v) is 7.93. The molecule has 0 saturated heterocycles. The molecule has 0 aliphatic carbocycles. The Labute approximate surface area is 133 Å². The van der Waals surface area contributed by atoms with E-state index in [1.807, 2.05) is 35.1 Å². The van der Waals surface area contributed by atoms with Gasteiger partial charge in [-0.2, -0.15) is 5.10 Å². The van der Waals surface area contributed by atoms with E-state index in [4.69, 9.17) is 17.3 Å². The Bertz CT molecular complexity index is 582. The molecule has 108 valence electrons. The number of aromatic nitrogens is 2. The smallest absolute Gasteiger partial charge is 0.0643 e. The average molecular weight is 357 g/mol. The Morgan fingerprint density at radius 3 is 2.80 bits per heavy atom. The summed E-state index contributed by atoms with van der Waals surface area (Å²) in [4.78, 5) is 0. The minimum atomic E-state index is -0.0964. The molecule has 0 aliphatic heterocycles. The zero-order valence-electron chi connectivity index (χ0n) is 11.7. The van der Waals surface area contributed by atoms with Crippen LogP contribution in [0, 0.1) is 0 Å². The molecule has 1 aromatic heterocycles. The number of nitrogens with two attached hydrogens (primary N) is 1. The Morgan fingerprint density at radius 1 is 1.40 bits per heavy atom. The summed E-state index contributed by atoms with van der Waals surface area (Å²) in [7, 11) is 0. The van der Waals surface area contributed by atoms with Gasteiger partial charge in [-0.3, -0.25) is 4.68 Å². The highest BCUT2D eigenvalue weighted by atomic mass is 79.9. The van der Waals surface area contributed by atoms with Crippen molar-refractivity contribution in [3.8, 4) is 0 Å². The molecule has 0 radical (unpaired) electrons. The third kappa shape index (κ3) is 3.62. The van der Waals surface area contributed by atoms with Gasteiger partial charge in [0, 0.05) is 29.2 Å². The second-order valence-electron chi connectivity index (χ2n) is 5.03. The summed E-state index contributed by atoms with van der Waals surface area (Å²) in [6, 6.07) is 8.18. The van der Waals surface area contributed by atoms with E-state index in [1.54, 1.807) is 0 Å². The predicted molar refractivity (Wildman–Crippen MR) is 87.0 cm³/mol. The fraction of sp³-hybridized carbons (Fsp3) is 0.400. The van der Waals surface area contributed by atoms with E-state index in [0.717, 1.165) is 22.2 Å². The van der Waals surface area contributed by atoms with Gasteiger partial charge in [-0.1, -0.05) is 24.6 Å². The van der Waals surface area contributed by atoms with Gasteiger partial charge in [0.15, 0.2) is 0 Å². The minimum Gasteiger partial charge on any atom is -0.324 e. The lowest BCUT2D eigenvalue weighted by Crippen LogP contribution is -2.14. The summed E-state index contributed by atoms with van der Waals surface area (Å²) in [5.41, 5.74) is 8.28. The van der Waals surface area contributed by atoms with Gasteiger partial charge in [-0.15, -0.1) is 0 Å². The summed E-state index contributed by atoms with van der Waals surface area (Å²) >= 11 is 9.49. The van der Waals surface area contributed by atoms with Crippen molar-refractivity contribution in [1.82, 2.24) is 9.78 Å². The van der Waals surface area contributed by atoms with E-state index in [9.17, 15) is 0 Å². The van der Waals surface area contributed by atoms with Crippen LogP contribution in [0.1, 0.15) is 43.6 Å². The minimum absolute atomic E-state index is 0.0964. The van der Waals surface area contributed by atoms with E-state index in [0.29, 0.717) is 17.5 Å². The van der Waals surface area contributed by atoms with Gasteiger partial charge in [0.25, 0.3) is 0 Å². The number of rotatable bonds is 5. The zero-order valence-corrected chi connectivity index (χ0v) is 14.0. The Kier molecular flexibility index (Phi) is 5.24. The standard InChI is InChI=1S/C15H19BrClN3/c1-3-10(2)20-7-6-12(19-20)9-15(18)11-4-5-13(16)14(17)8-11/h4-8,10,15H,3,9,18H2,1-2H3. The first-order valence-electron chi connectivity index (χ1n) is 6.75. The van der Waals surface area contributed by atoms with Gasteiger partial charge in [0.2, 0.25) is 0 Å². The molecular weight excluding hydrogens is 338 g/mol. The monoisotopic (exact) mass is 355 g/mol. The SMILES string of the molecule is CCC(C)n1ccc(CC(N)c2ccc(Br)c(Cl)c2)n1. The third-order valence-corrected chi connectivity index (χ3v) is 4.74. The fourth-order valence-electron chi connectivity index (χ4n) is 2.00. The highest BCUT2D eigenvalue weighted by molar-refractivity contribution is 9.10. The maximum absolute atomic E-state index is 6.24. The van der Waals surface area contributed by atoms with Gasteiger partial charge < -0.3 is 5.73 Å². The molecule has 1 heterocycles. The number of halogens is 2. The number of benzene rings is 1. The van der Waals surface area contributed by atoms with Crippen molar-refractivity contribution in [2.24, 2.45) is 5.73 Å². The first kappa shape index (κ1) is 15.5. The summed E-state index contributed by atoms with van der Waals surface area (Å²) in [5, 5.41) is 5.26. The van der Waals surface area contributed by atoms with Crippen LogP contribution in [-0.4, -0.2) is 9.78 Å². The molecule has 2 atom stereocenters. The molecule has 2 aromatic rings. The molecule has 1 aromatic carbocycles. The first-order chi connectivity index (χ1) is 9.51. The Hall–Kier alpha value is -0.840. The van der Waals surface area contributed by atoms with E-state index in [-0.39, 0.29) is 6.04 Å². The third-order valence-electron chi connectivity index (χ3n) is 3.51. The molecule has 5 heteroatoms. The van der Waals surface area contributed by atoms with Crippen molar-refractivity contribution in [2.45, 2.75) is 38.8 Å². The molecule has 20 heavy (non-hydrogen) atoms. The lowest BCUT2D eigenvalue weighted by Gasteiger charge is -2.12. The van der Waals surface area contributed by atoms with Crippen LogP contribution in [0.15, 0.2) is 34.9 Å². The molecule has 0 spiro atoms. The van der Waals surface area contributed by atoms with E-state index in [2.05, 4.69) is 34.9 Å². The fourth-order valence-corrected chi connectivity index (χ4v) is 2.44. The van der Waals surface area contributed by atoms with Crippen LogP contribution in [0.3, 0.4) is 0 Å². The van der Waals surface area contributed by atoms with Gasteiger partial charge in [0.1, 0.15) is 0 Å². The largest absolute Gasteiger partial charge is 0.324 e. The maximum Gasteiger partial charge on any atom is 0.0643 e. The number of hydrogen-bond donors (Lipinski definition) is 1. The average Bonchev–Trinajstić information content (AvgIpc) is 2.89. The van der Waals surface area contributed by atoms with Crippen molar-refractivity contribution < 1.29 is 0 Å². The zero-order chi connectivity index (χ0) is 14.7. The van der Waals surface area contributed by atoms with Crippen molar-refractivity contribution in [1.29, 1.82) is 0 Å². The second kappa shape index (κ2) is 6.74. The molecule has 3 nitrogen and oxygen atoms in total. The normalized spacial score (nSPS) is 14.2. The summed E-state index contributed by atoms with van der Waals surface area (Å²) in [5.74, 6) is 0. The van der Waals surface area contributed by atoms with E-state index >= 15 is 0 Å². The molecule has 2 rings (SSSR count). The number of nitrogens with zero attached hydrogens (tertiary/aromatic N) is 2. The quantitative estimate of drug-likeness (QED) is 0.856. The molecule has 0 aliphatic rings. The van der Waals surface area contributed by atoms with Crippen molar-refractivity contribution in [3.63, 3.8) is 0 Å². The predicted octanol–water partition coefficient (Wildman–Crippen LogP) is 4.51. The second-order valence-corrected chi connectivity index (χ2v) is 6.29. The van der Waals surface area contributed by atoms with Gasteiger partial charge in [0.05, 0.1) is 10.7 Å². The highest BCUT2D eigenvalue weighted by Gasteiger charge is 2.12.